The zero-order valence-corrected chi connectivity index (χ0v) is 23.8. The van der Waals surface area contributed by atoms with Gasteiger partial charge in [-0.05, 0) is 113 Å². The molecule has 0 bridgehead atoms. The molecule has 4 unspecified atom stereocenters. The summed E-state index contributed by atoms with van der Waals surface area (Å²) in [6, 6.07) is 15.1. The van der Waals surface area contributed by atoms with E-state index < -0.39 is 10.4 Å². The fourth-order valence-corrected chi connectivity index (χ4v) is 7.23. The van der Waals surface area contributed by atoms with Crippen LogP contribution in [0.25, 0.3) is 0 Å². The van der Waals surface area contributed by atoms with Crippen LogP contribution < -0.4 is 8.37 Å². The summed E-state index contributed by atoms with van der Waals surface area (Å²) in [5.41, 5.74) is 2.29. The van der Waals surface area contributed by atoms with Crippen LogP contribution >= 0.6 is 0 Å². The van der Waals surface area contributed by atoms with Crippen molar-refractivity contribution in [2.45, 2.75) is 63.2 Å². The van der Waals surface area contributed by atoms with E-state index in [0.717, 1.165) is 37.1 Å². The molecule has 0 N–H and O–H groups in total. The van der Waals surface area contributed by atoms with Crippen molar-refractivity contribution in [2.75, 3.05) is 41.3 Å². The molecule has 0 aromatic heterocycles. The first kappa shape index (κ1) is 27.9. The van der Waals surface area contributed by atoms with Crippen LogP contribution in [0.2, 0.25) is 0 Å². The van der Waals surface area contributed by atoms with Gasteiger partial charge in [0.15, 0.2) is 0 Å². The van der Waals surface area contributed by atoms with E-state index in [2.05, 4.69) is 50.1 Å². The highest BCUT2D eigenvalue weighted by Crippen LogP contribution is 2.40. The van der Waals surface area contributed by atoms with Crippen LogP contribution in [0.15, 0.2) is 48.5 Å². The van der Waals surface area contributed by atoms with E-state index in [1.807, 2.05) is 24.3 Å². The van der Waals surface area contributed by atoms with Gasteiger partial charge in [0.2, 0.25) is 0 Å². The monoisotopic (exact) mass is 528 g/mol. The van der Waals surface area contributed by atoms with Gasteiger partial charge in [-0.3, -0.25) is 0 Å². The first-order valence-electron chi connectivity index (χ1n) is 13.8. The molecule has 0 radical (unpaired) electrons. The van der Waals surface area contributed by atoms with Crippen LogP contribution in [0.1, 0.15) is 74.3 Å². The van der Waals surface area contributed by atoms with E-state index >= 15 is 0 Å². The lowest BCUT2D eigenvalue weighted by Gasteiger charge is -2.34. The van der Waals surface area contributed by atoms with Gasteiger partial charge in [0.25, 0.3) is 0 Å². The summed E-state index contributed by atoms with van der Waals surface area (Å²) < 4.78 is 36.7. The lowest BCUT2D eigenvalue weighted by Crippen LogP contribution is -2.29. The maximum absolute atomic E-state index is 12.9. The Morgan fingerprint density at radius 3 is 1.49 bits per heavy atom. The van der Waals surface area contributed by atoms with E-state index in [4.69, 9.17) is 8.37 Å². The quantitative estimate of drug-likeness (QED) is 0.374. The number of hydrogen-bond acceptors (Lipinski definition) is 6. The Morgan fingerprint density at radius 1 is 0.676 bits per heavy atom. The highest BCUT2D eigenvalue weighted by Gasteiger charge is 2.29. The van der Waals surface area contributed by atoms with E-state index in [0.29, 0.717) is 35.2 Å². The average Bonchev–Trinajstić information content (AvgIpc) is 2.84. The standard InChI is InChI=1S/C30H44N2O4S/c1-31(2)21-25-11-5-7-17-29(25)23-13-9-15-27(19-23)35-37(33,34)36-28-16-10-14-24(20-28)30-18-8-6-12-26(30)22-32(3)4/h9-10,13-16,19-20,25-26,29-30H,5-8,11-12,17-18,21-22H2,1-4H3. The maximum Gasteiger partial charge on any atom is 0.500 e. The van der Waals surface area contributed by atoms with Gasteiger partial charge in [0, 0.05) is 13.1 Å². The molecule has 6 nitrogen and oxygen atoms in total. The van der Waals surface area contributed by atoms with Crippen molar-refractivity contribution in [1.29, 1.82) is 0 Å². The second kappa shape index (κ2) is 12.6. The minimum Gasteiger partial charge on any atom is -0.353 e. The molecule has 2 aromatic carbocycles. The van der Waals surface area contributed by atoms with Gasteiger partial charge in [-0.2, -0.15) is 0 Å². The largest absolute Gasteiger partial charge is 0.500 e. The lowest BCUT2D eigenvalue weighted by atomic mass is 9.75. The van der Waals surface area contributed by atoms with Crippen molar-refractivity contribution in [1.82, 2.24) is 9.80 Å². The molecule has 7 heteroatoms. The molecule has 2 fully saturated rings. The fraction of sp³-hybridized carbons (Fsp3) is 0.600. The van der Waals surface area contributed by atoms with Crippen LogP contribution in [0.4, 0.5) is 0 Å². The normalized spacial score (nSPS) is 24.8. The zero-order valence-electron chi connectivity index (χ0n) is 22.9. The van der Waals surface area contributed by atoms with E-state index in [1.165, 1.54) is 38.5 Å². The first-order chi connectivity index (χ1) is 17.7. The van der Waals surface area contributed by atoms with Crippen molar-refractivity contribution < 1.29 is 16.8 Å². The van der Waals surface area contributed by atoms with Gasteiger partial charge in [-0.1, -0.05) is 49.9 Å². The zero-order chi connectivity index (χ0) is 26.4. The first-order valence-corrected chi connectivity index (χ1v) is 15.2. The molecular weight excluding hydrogens is 484 g/mol. The molecule has 0 aliphatic heterocycles. The molecule has 0 spiro atoms. The number of nitrogens with zero attached hydrogens (tertiary/aromatic N) is 2. The molecule has 2 aliphatic rings. The summed E-state index contributed by atoms with van der Waals surface area (Å²) in [5.74, 6) is 2.55. The SMILES string of the molecule is CN(C)CC1CCCCC1c1cccc(OS(=O)(=O)Oc2cccc(C3CCCCC3CN(C)C)c2)c1. The molecule has 0 saturated heterocycles. The highest BCUT2D eigenvalue weighted by atomic mass is 32.3. The predicted molar refractivity (Wildman–Crippen MR) is 150 cm³/mol. The van der Waals surface area contributed by atoms with Crippen LogP contribution in [-0.4, -0.2) is 59.5 Å². The Morgan fingerprint density at radius 2 is 1.08 bits per heavy atom. The van der Waals surface area contributed by atoms with Gasteiger partial charge in [0.05, 0.1) is 0 Å². The summed E-state index contributed by atoms with van der Waals surface area (Å²) in [6.07, 6.45) is 9.54. The Hall–Kier alpha value is -2.09. The minimum atomic E-state index is -4.26. The summed E-state index contributed by atoms with van der Waals surface area (Å²) in [4.78, 5) is 4.48. The molecule has 2 saturated carbocycles. The van der Waals surface area contributed by atoms with Crippen molar-refractivity contribution in [2.24, 2.45) is 11.8 Å². The summed E-state index contributed by atoms with van der Waals surface area (Å²) in [7, 11) is 4.18. The maximum atomic E-state index is 12.9. The Labute approximate surface area is 224 Å². The molecule has 0 heterocycles. The Bertz CT molecular complexity index is 1040. The molecule has 2 aliphatic carbocycles. The molecule has 4 rings (SSSR count). The Balaban J connectivity index is 1.46. The van der Waals surface area contributed by atoms with Crippen LogP contribution in [-0.2, 0) is 10.4 Å². The molecule has 4 atom stereocenters. The summed E-state index contributed by atoms with van der Waals surface area (Å²) in [6.45, 7) is 2.06. The third kappa shape index (κ3) is 7.95. The van der Waals surface area contributed by atoms with Crippen LogP contribution in [0.3, 0.4) is 0 Å². The Kier molecular flexibility index (Phi) is 9.54. The summed E-state index contributed by atoms with van der Waals surface area (Å²) in [5, 5.41) is 0. The fourth-order valence-electron chi connectivity index (χ4n) is 6.51. The minimum absolute atomic E-state index is 0.307. The van der Waals surface area contributed by atoms with Crippen molar-refractivity contribution >= 4 is 10.4 Å². The third-order valence-corrected chi connectivity index (χ3v) is 8.78. The van der Waals surface area contributed by atoms with Crippen molar-refractivity contribution in [3.05, 3.63) is 59.7 Å². The van der Waals surface area contributed by atoms with E-state index in [-0.39, 0.29) is 0 Å². The smallest absolute Gasteiger partial charge is 0.353 e. The lowest BCUT2D eigenvalue weighted by molar-refractivity contribution is 0.233. The molecule has 0 amide bonds. The summed E-state index contributed by atoms with van der Waals surface area (Å²) >= 11 is 0. The van der Waals surface area contributed by atoms with E-state index in [1.54, 1.807) is 12.1 Å². The highest BCUT2D eigenvalue weighted by molar-refractivity contribution is 7.82. The van der Waals surface area contributed by atoms with Gasteiger partial charge in [0.1, 0.15) is 11.5 Å². The number of benzene rings is 2. The topological polar surface area (TPSA) is 59.1 Å². The van der Waals surface area contributed by atoms with Gasteiger partial charge < -0.3 is 18.2 Å². The molecule has 37 heavy (non-hydrogen) atoms. The second-order valence-corrected chi connectivity index (χ2v) is 12.7. The number of rotatable bonds is 10. The van der Waals surface area contributed by atoms with Crippen molar-refractivity contribution in [3.8, 4) is 11.5 Å². The van der Waals surface area contributed by atoms with Gasteiger partial charge in [-0.25, -0.2) is 0 Å². The van der Waals surface area contributed by atoms with E-state index in [9.17, 15) is 8.42 Å². The molecular formula is C30H44N2O4S. The average molecular weight is 529 g/mol. The second-order valence-electron chi connectivity index (χ2n) is 11.5. The number of hydrogen-bond donors (Lipinski definition) is 0. The molecule has 204 valence electrons. The predicted octanol–water partition coefficient (Wildman–Crippen LogP) is 6.06. The third-order valence-electron chi connectivity index (χ3n) is 7.99. The van der Waals surface area contributed by atoms with Crippen LogP contribution in [0, 0.1) is 11.8 Å². The molecule has 2 aromatic rings. The van der Waals surface area contributed by atoms with Crippen molar-refractivity contribution in [3.63, 3.8) is 0 Å². The van der Waals surface area contributed by atoms with Crippen LogP contribution in [0.5, 0.6) is 11.5 Å². The van der Waals surface area contributed by atoms with Gasteiger partial charge in [-0.15, -0.1) is 8.42 Å². The van der Waals surface area contributed by atoms with Gasteiger partial charge >= 0.3 is 10.4 Å².